The first-order valence-corrected chi connectivity index (χ1v) is 6.76. The third-order valence-corrected chi connectivity index (χ3v) is 3.14. The first-order chi connectivity index (χ1) is 10.2. The van der Waals surface area contributed by atoms with Crippen LogP contribution in [0.4, 0.5) is 11.6 Å². The van der Waals surface area contributed by atoms with Crippen molar-refractivity contribution in [2.45, 2.75) is 13.3 Å². The number of nitrogens with two attached hydrogens (primary N) is 1. The van der Waals surface area contributed by atoms with Gasteiger partial charge in [-0.2, -0.15) is 0 Å². The molecule has 21 heavy (non-hydrogen) atoms. The second-order valence-electron chi connectivity index (χ2n) is 4.77. The van der Waals surface area contributed by atoms with Crippen molar-refractivity contribution in [3.8, 4) is 0 Å². The molecule has 3 aromatic rings. The number of hydrogen-bond donors (Lipinski definition) is 2. The summed E-state index contributed by atoms with van der Waals surface area (Å²) in [5.74, 6) is 1.15. The molecule has 0 unspecified atom stereocenters. The van der Waals surface area contributed by atoms with Gasteiger partial charge in [0, 0.05) is 24.4 Å². The predicted molar refractivity (Wildman–Crippen MR) is 82.9 cm³/mol. The first kappa shape index (κ1) is 13.2. The molecular formula is C15H16N6. The summed E-state index contributed by atoms with van der Waals surface area (Å²) in [5.41, 5.74) is 9.27. The highest BCUT2D eigenvalue weighted by Crippen LogP contribution is 2.16. The molecule has 0 radical (unpaired) electrons. The van der Waals surface area contributed by atoms with E-state index in [1.54, 1.807) is 0 Å². The molecule has 0 aromatic carbocycles. The van der Waals surface area contributed by atoms with E-state index in [4.69, 9.17) is 5.73 Å². The minimum Gasteiger partial charge on any atom is -0.382 e. The summed E-state index contributed by atoms with van der Waals surface area (Å²) in [6.07, 6.45) is 2.28. The van der Waals surface area contributed by atoms with Crippen LogP contribution >= 0.6 is 0 Å². The molecule has 3 rings (SSSR count). The Kier molecular flexibility index (Phi) is 3.59. The number of aromatic nitrogens is 4. The van der Waals surface area contributed by atoms with Crippen molar-refractivity contribution in [1.29, 1.82) is 0 Å². The third-order valence-electron chi connectivity index (χ3n) is 3.14. The monoisotopic (exact) mass is 280 g/mol. The Morgan fingerprint density at radius 2 is 2.00 bits per heavy atom. The van der Waals surface area contributed by atoms with Gasteiger partial charge in [-0.15, -0.1) is 0 Å². The molecule has 0 aliphatic rings. The van der Waals surface area contributed by atoms with Crippen LogP contribution in [0.25, 0.3) is 11.0 Å². The van der Waals surface area contributed by atoms with Crippen LogP contribution in [0, 0.1) is 6.92 Å². The van der Waals surface area contributed by atoms with Gasteiger partial charge in [0.1, 0.15) is 17.7 Å². The average molecular weight is 280 g/mol. The van der Waals surface area contributed by atoms with Crippen LogP contribution in [0.3, 0.4) is 0 Å². The molecule has 6 nitrogen and oxygen atoms in total. The summed E-state index contributed by atoms with van der Waals surface area (Å²) in [7, 11) is 0. The zero-order chi connectivity index (χ0) is 14.7. The quantitative estimate of drug-likeness (QED) is 0.759. The van der Waals surface area contributed by atoms with Crippen molar-refractivity contribution < 1.29 is 0 Å². The van der Waals surface area contributed by atoms with Gasteiger partial charge in [0.05, 0.1) is 5.52 Å². The number of aryl methyl sites for hydroxylation is 1. The van der Waals surface area contributed by atoms with Crippen molar-refractivity contribution in [2.24, 2.45) is 0 Å². The van der Waals surface area contributed by atoms with Gasteiger partial charge in [-0.1, -0.05) is 6.07 Å². The molecule has 0 saturated carbocycles. The molecule has 0 spiro atoms. The van der Waals surface area contributed by atoms with Gasteiger partial charge in [0.25, 0.3) is 0 Å². The standard InChI is InChI=1S/C15H16N6/c1-10-3-2-4-11(20-10)7-8-17-13-6-5-12-14(21-13)15(16)19-9-18-12/h2-6,9H,7-8H2,1H3,(H,17,21)(H2,16,18,19). The van der Waals surface area contributed by atoms with Crippen molar-refractivity contribution in [1.82, 2.24) is 19.9 Å². The van der Waals surface area contributed by atoms with E-state index in [9.17, 15) is 0 Å². The SMILES string of the molecule is Cc1cccc(CCNc2ccc3ncnc(N)c3n2)n1. The minimum absolute atomic E-state index is 0.393. The molecule has 3 aromatic heterocycles. The Labute approximate surface area is 122 Å². The van der Waals surface area contributed by atoms with Crippen LogP contribution in [0.1, 0.15) is 11.4 Å². The first-order valence-electron chi connectivity index (χ1n) is 6.76. The Morgan fingerprint density at radius 1 is 1.10 bits per heavy atom. The van der Waals surface area contributed by atoms with Gasteiger partial charge in [-0.3, -0.25) is 4.98 Å². The number of fused-ring (bicyclic) bond motifs is 1. The summed E-state index contributed by atoms with van der Waals surface area (Å²) in [6.45, 7) is 2.74. The Morgan fingerprint density at radius 3 is 2.86 bits per heavy atom. The van der Waals surface area contributed by atoms with Crippen LogP contribution in [0.5, 0.6) is 0 Å². The highest BCUT2D eigenvalue weighted by molar-refractivity contribution is 5.84. The van der Waals surface area contributed by atoms with Crippen molar-refractivity contribution in [3.05, 3.63) is 48.0 Å². The predicted octanol–water partition coefficient (Wildman–Crippen LogP) is 1.97. The van der Waals surface area contributed by atoms with Crippen LogP contribution < -0.4 is 11.1 Å². The Hall–Kier alpha value is -2.76. The number of nitrogens with zero attached hydrogens (tertiary/aromatic N) is 4. The number of hydrogen-bond acceptors (Lipinski definition) is 6. The van der Waals surface area contributed by atoms with E-state index in [-0.39, 0.29) is 0 Å². The van der Waals surface area contributed by atoms with Crippen molar-refractivity contribution >= 4 is 22.7 Å². The molecule has 0 saturated heterocycles. The van der Waals surface area contributed by atoms with Crippen LogP contribution in [-0.4, -0.2) is 26.5 Å². The lowest BCUT2D eigenvalue weighted by Gasteiger charge is -2.07. The van der Waals surface area contributed by atoms with E-state index < -0.39 is 0 Å². The van der Waals surface area contributed by atoms with Crippen LogP contribution in [-0.2, 0) is 6.42 Å². The summed E-state index contributed by atoms with van der Waals surface area (Å²) < 4.78 is 0. The van der Waals surface area contributed by atoms with E-state index >= 15 is 0 Å². The van der Waals surface area contributed by atoms with Gasteiger partial charge < -0.3 is 11.1 Å². The Bertz CT molecular complexity index is 771. The second-order valence-corrected chi connectivity index (χ2v) is 4.77. The van der Waals surface area contributed by atoms with E-state index in [0.29, 0.717) is 11.3 Å². The summed E-state index contributed by atoms with van der Waals surface area (Å²) in [6, 6.07) is 9.80. The molecule has 0 amide bonds. The summed E-state index contributed by atoms with van der Waals surface area (Å²) in [4.78, 5) is 17.0. The normalized spacial score (nSPS) is 10.7. The maximum Gasteiger partial charge on any atom is 0.153 e. The summed E-state index contributed by atoms with van der Waals surface area (Å²) >= 11 is 0. The number of nitrogen functional groups attached to an aromatic ring is 1. The molecule has 0 aliphatic carbocycles. The zero-order valence-corrected chi connectivity index (χ0v) is 11.7. The molecule has 3 heterocycles. The molecule has 0 bridgehead atoms. The molecule has 3 N–H and O–H groups in total. The van der Waals surface area contributed by atoms with Gasteiger partial charge in [0.15, 0.2) is 5.82 Å². The largest absolute Gasteiger partial charge is 0.382 e. The van der Waals surface area contributed by atoms with Crippen molar-refractivity contribution in [2.75, 3.05) is 17.6 Å². The van der Waals surface area contributed by atoms with Gasteiger partial charge >= 0.3 is 0 Å². The van der Waals surface area contributed by atoms with E-state index in [0.717, 1.165) is 35.7 Å². The summed E-state index contributed by atoms with van der Waals surface area (Å²) in [5, 5.41) is 3.27. The smallest absolute Gasteiger partial charge is 0.153 e. The minimum atomic E-state index is 0.393. The van der Waals surface area contributed by atoms with Gasteiger partial charge in [-0.05, 0) is 31.2 Å². The molecule has 0 aliphatic heterocycles. The fraction of sp³-hybridized carbons (Fsp3) is 0.200. The van der Waals surface area contributed by atoms with Crippen LogP contribution in [0.2, 0.25) is 0 Å². The fourth-order valence-corrected chi connectivity index (χ4v) is 2.11. The van der Waals surface area contributed by atoms with Crippen LogP contribution in [0.15, 0.2) is 36.7 Å². The van der Waals surface area contributed by atoms with E-state index in [1.165, 1.54) is 6.33 Å². The number of nitrogens with one attached hydrogen (secondary N) is 1. The number of rotatable bonds is 4. The lowest BCUT2D eigenvalue weighted by molar-refractivity contribution is 0.941. The average Bonchev–Trinajstić information content (AvgIpc) is 2.48. The lowest BCUT2D eigenvalue weighted by atomic mass is 10.2. The van der Waals surface area contributed by atoms with Gasteiger partial charge in [0.2, 0.25) is 0 Å². The van der Waals surface area contributed by atoms with Gasteiger partial charge in [-0.25, -0.2) is 15.0 Å². The highest BCUT2D eigenvalue weighted by atomic mass is 15.0. The maximum atomic E-state index is 5.81. The lowest BCUT2D eigenvalue weighted by Crippen LogP contribution is -2.08. The molecule has 0 fully saturated rings. The topological polar surface area (TPSA) is 89.6 Å². The fourth-order valence-electron chi connectivity index (χ4n) is 2.11. The second kappa shape index (κ2) is 5.70. The van der Waals surface area contributed by atoms with Crippen molar-refractivity contribution in [3.63, 3.8) is 0 Å². The maximum absolute atomic E-state index is 5.81. The number of anilines is 2. The number of pyridine rings is 2. The Balaban J connectivity index is 1.69. The van der Waals surface area contributed by atoms with E-state index in [1.807, 2.05) is 37.3 Å². The highest BCUT2D eigenvalue weighted by Gasteiger charge is 2.03. The zero-order valence-electron chi connectivity index (χ0n) is 11.7. The molecule has 106 valence electrons. The molecule has 6 heteroatoms. The third kappa shape index (κ3) is 3.05. The molecular weight excluding hydrogens is 264 g/mol. The van der Waals surface area contributed by atoms with E-state index in [2.05, 4.69) is 25.3 Å². The molecule has 0 atom stereocenters.